The van der Waals surface area contributed by atoms with Gasteiger partial charge >= 0.3 is 0 Å². The molecule has 0 saturated heterocycles. The summed E-state index contributed by atoms with van der Waals surface area (Å²) < 4.78 is 1.90. The lowest BCUT2D eigenvalue weighted by atomic mass is 10.1. The van der Waals surface area contributed by atoms with Crippen molar-refractivity contribution in [3.63, 3.8) is 0 Å². The highest BCUT2D eigenvalue weighted by atomic mass is 16.1. The molecule has 80 valence electrons. The number of hydrogen-bond acceptors (Lipinski definition) is 2. The molecule has 2 heterocycles. The normalized spacial score (nSPS) is 11.3. The van der Waals surface area contributed by atoms with Gasteiger partial charge in [0.15, 0.2) is 0 Å². The Labute approximate surface area is 90.8 Å². The molecule has 5 heteroatoms. The van der Waals surface area contributed by atoms with Crippen LogP contribution in [0, 0.1) is 0 Å². The number of primary amides is 1. The Hall–Kier alpha value is -2.30. The molecule has 0 bridgehead atoms. The standard InChI is InChI=1S/C11H10N4O/c1-15-5-8(11(12)16)6-2-3-9-7(10(6)15)4-13-14-9/h2-5H,1H3,(H2,12,16)(H,13,14). The van der Waals surface area contributed by atoms with E-state index in [1.165, 1.54) is 0 Å². The van der Waals surface area contributed by atoms with Gasteiger partial charge in [0.2, 0.25) is 0 Å². The lowest BCUT2D eigenvalue weighted by molar-refractivity contribution is 0.100. The summed E-state index contributed by atoms with van der Waals surface area (Å²) in [5.74, 6) is -0.409. The first-order valence-electron chi connectivity index (χ1n) is 4.90. The molecular formula is C11H10N4O. The Kier molecular flexibility index (Phi) is 1.60. The van der Waals surface area contributed by atoms with Crippen LogP contribution in [-0.2, 0) is 7.05 Å². The molecular weight excluding hydrogens is 204 g/mol. The van der Waals surface area contributed by atoms with Crippen LogP contribution in [-0.4, -0.2) is 20.7 Å². The number of carbonyl (C=O) groups excluding carboxylic acids is 1. The minimum absolute atomic E-state index is 0.409. The Morgan fingerprint density at radius 2 is 2.25 bits per heavy atom. The van der Waals surface area contributed by atoms with E-state index in [4.69, 9.17) is 5.73 Å². The van der Waals surface area contributed by atoms with Crippen LogP contribution in [0.2, 0.25) is 0 Å². The van der Waals surface area contributed by atoms with E-state index in [1.807, 2.05) is 29.9 Å². The van der Waals surface area contributed by atoms with Gasteiger partial charge in [-0.15, -0.1) is 0 Å². The molecule has 0 saturated carbocycles. The fraction of sp³-hybridized carbons (Fsp3) is 0.0909. The summed E-state index contributed by atoms with van der Waals surface area (Å²) in [6, 6.07) is 3.75. The van der Waals surface area contributed by atoms with E-state index >= 15 is 0 Å². The molecule has 3 rings (SSSR count). The summed E-state index contributed by atoms with van der Waals surface area (Å²) >= 11 is 0. The van der Waals surface area contributed by atoms with Gasteiger partial charge in [0, 0.05) is 30.2 Å². The van der Waals surface area contributed by atoms with Gasteiger partial charge in [0.25, 0.3) is 5.91 Å². The zero-order valence-electron chi connectivity index (χ0n) is 8.69. The van der Waals surface area contributed by atoms with Crippen molar-refractivity contribution in [2.45, 2.75) is 0 Å². The van der Waals surface area contributed by atoms with Crippen molar-refractivity contribution >= 4 is 27.7 Å². The third-order valence-electron chi connectivity index (χ3n) is 2.82. The lowest BCUT2D eigenvalue weighted by Gasteiger charge is -1.96. The number of nitrogens with two attached hydrogens (primary N) is 1. The average molecular weight is 214 g/mol. The minimum atomic E-state index is -0.409. The van der Waals surface area contributed by atoms with Crippen molar-refractivity contribution in [1.29, 1.82) is 0 Å². The molecule has 2 aromatic heterocycles. The van der Waals surface area contributed by atoms with Crippen molar-refractivity contribution in [2.24, 2.45) is 12.8 Å². The molecule has 0 radical (unpaired) electrons. The van der Waals surface area contributed by atoms with Crippen molar-refractivity contribution in [3.8, 4) is 0 Å². The first-order valence-corrected chi connectivity index (χ1v) is 4.90. The first-order chi connectivity index (χ1) is 7.68. The molecule has 1 aromatic carbocycles. The number of aromatic nitrogens is 3. The Bertz CT molecular complexity index is 707. The van der Waals surface area contributed by atoms with E-state index in [1.54, 1.807) is 6.20 Å². The van der Waals surface area contributed by atoms with Crippen LogP contribution in [0.5, 0.6) is 0 Å². The second-order valence-corrected chi connectivity index (χ2v) is 3.80. The van der Waals surface area contributed by atoms with E-state index < -0.39 is 5.91 Å². The van der Waals surface area contributed by atoms with Gasteiger partial charge in [-0.2, -0.15) is 5.10 Å². The molecule has 0 unspecified atom stereocenters. The number of hydrogen-bond donors (Lipinski definition) is 2. The zero-order valence-corrected chi connectivity index (χ0v) is 8.69. The van der Waals surface area contributed by atoms with Crippen LogP contribution >= 0.6 is 0 Å². The number of aromatic amines is 1. The summed E-state index contributed by atoms with van der Waals surface area (Å²) in [4.78, 5) is 11.3. The Morgan fingerprint density at radius 1 is 1.44 bits per heavy atom. The maximum Gasteiger partial charge on any atom is 0.250 e. The first kappa shape index (κ1) is 8.96. The maximum atomic E-state index is 11.3. The largest absolute Gasteiger partial charge is 0.366 e. The second-order valence-electron chi connectivity index (χ2n) is 3.80. The number of benzene rings is 1. The molecule has 0 aliphatic heterocycles. The van der Waals surface area contributed by atoms with Gasteiger partial charge in [-0.1, -0.05) is 0 Å². The number of aryl methyl sites for hydroxylation is 1. The second kappa shape index (κ2) is 2.85. The topological polar surface area (TPSA) is 76.7 Å². The van der Waals surface area contributed by atoms with Crippen LogP contribution in [0.15, 0.2) is 24.5 Å². The third-order valence-corrected chi connectivity index (χ3v) is 2.82. The van der Waals surface area contributed by atoms with E-state index in [2.05, 4.69) is 10.2 Å². The molecule has 3 N–H and O–H groups in total. The third kappa shape index (κ3) is 0.995. The fourth-order valence-electron chi connectivity index (χ4n) is 2.12. The number of fused-ring (bicyclic) bond motifs is 3. The van der Waals surface area contributed by atoms with Crippen molar-refractivity contribution < 1.29 is 4.79 Å². The summed E-state index contributed by atoms with van der Waals surface area (Å²) in [5.41, 5.74) is 7.73. The quantitative estimate of drug-likeness (QED) is 0.637. The smallest absolute Gasteiger partial charge is 0.250 e. The Balaban J connectivity index is 2.56. The molecule has 0 spiro atoms. The fourth-order valence-corrected chi connectivity index (χ4v) is 2.12. The van der Waals surface area contributed by atoms with Crippen LogP contribution in [0.4, 0.5) is 0 Å². The molecule has 3 aromatic rings. The number of amides is 1. The van der Waals surface area contributed by atoms with Gasteiger partial charge in [0.05, 0.1) is 16.6 Å². The molecule has 0 atom stereocenters. The maximum absolute atomic E-state index is 11.3. The zero-order chi connectivity index (χ0) is 11.3. The van der Waals surface area contributed by atoms with Gasteiger partial charge in [-0.3, -0.25) is 9.89 Å². The van der Waals surface area contributed by atoms with Crippen LogP contribution in [0.1, 0.15) is 10.4 Å². The van der Waals surface area contributed by atoms with Gasteiger partial charge in [-0.25, -0.2) is 0 Å². The highest BCUT2D eigenvalue weighted by molar-refractivity contribution is 6.13. The van der Waals surface area contributed by atoms with Gasteiger partial charge < -0.3 is 10.3 Å². The Morgan fingerprint density at radius 3 is 3.00 bits per heavy atom. The predicted octanol–water partition coefficient (Wildman–Crippen LogP) is 1.15. The highest BCUT2D eigenvalue weighted by Gasteiger charge is 2.13. The molecule has 16 heavy (non-hydrogen) atoms. The minimum Gasteiger partial charge on any atom is -0.366 e. The van der Waals surface area contributed by atoms with E-state index in [0.717, 1.165) is 21.8 Å². The monoisotopic (exact) mass is 214 g/mol. The van der Waals surface area contributed by atoms with Gasteiger partial charge in [-0.05, 0) is 12.1 Å². The van der Waals surface area contributed by atoms with Crippen LogP contribution in [0.3, 0.4) is 0 Å². The van der Waals surface area contributed by atoms with E-state index in [-0.39, 0.29) is 0 Å². The summed E-state index contributed by atoms with van der Waals surface area (Å²) in [7, 11) is 1.89. The highest BCUT2D eigenvalue weighted by Crippen LogP contribution is 2.27. The number of nitrogens with one attached hydrogen (secondary N) is 1. The van der Waals surface area contributed by atoms with Crippen molar-refractivity contribution in [2.75, 3.05) is 0 Å². The number of carbonyl (C=O) groups is 1. The number of H-pyrrole nitrogens is 1. The molecule has 0 aliphatic carbocycles. The number of rotatable bonds is 1. The lowest BCUT2D eigenvalue weighted by Crippen LogP contribution is -2.09. The average Bonchev–Trinajstić information content (AvgIpc) is 2.81. The number of nitrogens with zero attached hydrogens (tertiary/aromatic N) is 2. The SMILES string of the molecule is Cn1cc(C(N)=O)c2ccc3n[nH]cc3c21. The summed E-state index contributed by atoms with van der Waals surface area (Å²) in [6.45, 7) is 0. The molecule has 0 fully saturated rings. The van der Waals surface area contributed by atoms with E-state index in [0.29, 0.717) is 5.56 Å². The van der Waals surface area contributed by atoms with Crippen molar-refractivity contribution in [3.05, 3.63) is 30.1 Å². The predicted molar refractivity (Wildman–Crippen MR) is 61.1 cm³/mol. The van der Waals surface area contributed by atoms with Gasteiger partial charge in [0.1, 0.15) is 0 Å². The molecule has 0 aliphatic rings. The molecule has 1 amide bonds. The summed E-state index contributed by atoms with van der Waals surface area (Å²) in [6.07, 6.45) is 3.57. The van der Waals surface area contributed by atoms with Crippen LogP contribution in [0.25, 0.3) is 21.8 Å². The van der Waals surface area contributed by atoms with E-state index in [9.17, 15) is 4.79 Å². The van der Waals surface area contributed by atoms with Crippen molar-refractivity contribution in [1.82, 2.24) is 14.8 Å². The molecule has 5 nitrogen and oxygen atoms in total. The van der Waals surface area contributed by atoms with Crippen LogP contribution < -0.4 is 5.73 Å². The summed E-state index contributed by atoms with van der Waals surface area (Å²) in [5, 5.41) is 8.78.